The van der Waals surface area contributed by atoms with Gasteiger partial charge in [-0.05, 0) is 31.7 Å². The van der Waals surface area contributed by atoms with Crippen molar-refractivity contribution in [2.75, 3.05) is 26.7 Å². The normalized spacial score (nSPS) is 20.1. The minimum atomic E-state index is -0.334. The van der Waals surface area contributed by atoms with E-state index in [0.29, 0.717) is 12.0 Å². The molecule has 4 nitrogen and oxygen atoms in total. The summed E-state index contributed by atoms with van der Waals surface area (Å²) < 4.78 is 0. The van der Waals surface area contributed by atoms with Crippen LogP contribution < -0.4 is 5.73 Å². The molecule has 1 atom stereocenters. The molecule has 2 N–H and O–H groups in total. The monoisotopic (exact) mass is 255 g/mol. The van der Waals surface area contributed by atoms with E-state index in [1.807, 2.05) is 11.9 Å². The van der Waals surface area contributed by atoms with Crippen molar-refractivity contribution in [3.05, 3.63) is 0 Å². The first kappa shape index (κ1) is 15.4. The summed E-state index contributed by atoms with van der Waals surface area (Å²) in [7, 11) is 1.91. The molecule has 4 heteroatoms. The Hall–Kier alpha value is -0.610. The second kappa shape index (κ2) is 7.10. The van der Waals surface area contributed by atoms with Gasteiger partial charge in [0.15, 0.2) is 0 Å². The summed E-state index contributed by atoms with van der Waals surface area (Å²) in [5, 5.41) is 0. The Balaban J connectivity index is 2.44. The number of carbonyl (C=O) groups excluding carboxylic acids is 1. The number of nitrogens with zero attached hydrogens (tertiary/aromatic N) is 2. The lowest BCUT2D eigenvalue weighted by Gasteiger charge is -2.37. The van der Waals surface area contributed by atoms with Crippen LogP contribution in [0.1, 0.15) is 40.0 Å². The Morgan fingerprint density at radius 3 is 2.39 bits per heavy atom. The fraction of sp³-hybridized carbons (Fsp3) is 0.929. The van der Waals surface area contributed by atoms with E-state index in [1.165, 1.54) is 0 Å². The van der Waals surface area contributed by atoms with Crippen LogP contribution in [-0.4, -0.2) is 54.5 Å². The Morgan fingerprint density at radius 2 is 1.94 bits per heavy atom. The first-order valence-corrected chi connectivity index (χ1v) is 7.20. The minimum Gasteiger partial charge on any atom is -0.341 e. The first-order chi connectivity index (χ1) is 8.45. The number of hydrogen-bond acceptors (Lipinski definition) is 3. The summed E-state index contributed by atoms with van der Waals surface area (Å²) in [4.78, 5) is 16.5. The van der Waals surface area contributed by atoms with E-state index in [4.69, 9.17) is 5.73 Å². The van der Waals surface area contributed by atoms with Crippen LogP contribution in [0.5, 0.6) is 0 Å². The molecule has 0 aromatic carbocycles. The summed E-state index contributed by atoms with van der Waals surface area (Å²) in [5.41, 5.74) is 5.98. The predicted molar refractivity (Wildman–Crippen MR) is 75.3 cm³/mol. The molecule has 0 aliphatic carbocycles. The smallest absolute Gasteiger partial charge is 0.239 e. The molecule has 1 aliphatic heterocycles. The highest BCUT2D eigenvalue weighted by atomic mass is 16.2. The van der Waals surface area contributed by atoms with Gasteiger partial charge in [-0.3, -0.25) is 4.79 Å². The average Bonchev–Trinajstić information content (AvgIpc) is 2.36. The van der Waals surface area contributed by atoms with Gasteiger partial charge in [-0.15, -0.1) is 0 Å². The van der Waals surface area contributed by atoms with Crippen LogP contribution in [0.4, 0.5) is 0 Å². The Labute approximate surface area is 111 Å². The zero-order valence-electron chi connectivity index (χ0n) is 12.4. The molecule has 1 amide bonds. The predicted octanol–water partition coefficient (Wildman–Crippen LogP) is 1.30. The highest BCUT2D eigenvalue weighted by Crippen LogP contribution is 2.16. The maximum absolute atomic E-state index is 12.2. The third-order valence-electron chi connectivity index (χ3n) is 3.94. The van der Waals surface area contributed by atoms with E-state index in [2.05, 4.69) is 25.7 Å². The highest BCUT2D eigenvalue weighted by Gasteiger charge is 2.27. The van der Waals surface area contributed by atoms with Crippen molar-refractivity contribution in [1.29, 1.82) is 0 Å². The molecule has 1 aliphatic rings. The van der Waals surface area contributed by atoms with Crippen LogP contribution in [0.2, 0.25) is 0 Å². The number of nitrogens with two attached hydrogens (primary N) is 1. The largest absolute Gasteiger partial charge is 0.341 e. The van der Waals surface area contributed by atoms with Gasteiger partial charge in [-0.2, -0.15) is 0 Å². The molecular weight excluding hydrogens is 226 g/mol. The average molecular weight is 255 g/mol. The van der Waals surface area contributed by atoms with Gasteiger partial charge in [-0.1, -0.05) is 20.8 Å². The van der Waals surface area contributed by atoms with E-state index in [0.717, 1.165) is 38.9 Å². The van der Waals surface area contributed by atoms with Crippen LogP contribution in [0.15, 0.2) is 0 Å². The quantitative estimate of drug-likeness (QED) is 0.805. The third kappa shape index (κ3) is 4.25. The lowest BCUT2D eigenvalue weighted by molar-refractivity contribution is -0.134. The number of likely N-dealkylation sites (N-methyl/N-ethyl adjacent to an activating group) is 1. The fourth-order valence-electron chi connectivity index (χ4n) is 2.67. The second-order valence-corrected chi connectivity index (χ2v) is 5.85. The van der Waals surface area contributed by atoms with Gasteiger partial charge in [0.2, 0.25) is 5.91 Å². The summed E-state index contributed by atoms with van der Waals surface area (Å²) in [6, 6.07) is 0.0396. The van der Waals surface area contributed by atoms with E-state index in [1.54, 1.807) is 0 Å². The van der Waals surface area contributed by atoms with Crippen LogP contribution in [-0.2, 0) is 4.79 Å². The van der Waals surface area contributed by atoms with Gasteiger partial charge < -0.3 is 15.5 Å². The number of piperidine rings is 1. The zero-order valence-corrected chi connectivity index (χ0v) is 12.4. The van der Waals surface area contributed by atoms with Gasteiger partial charge in [0.1, 0.15) is 0 Å². The van der Waals surface area contributed by atoms with Crippen molar-refractivity contribution in [2.45, 2.75) is 52.1 Å². The molecule has 106 valence electrons. The summed E-state index contributed by atoms with van der Waals surface area (Å²) in [6.45, 7) is 9.70. The maximum Gasteiger partial charge on any atom is 0.239 e. The van der Waals surface area contributed by atoms with Crippen molar-refractivity contribution in [3.63, 3.8) is 0 Å². The molecular formula is C14H29N3O. The Bertz CT molecular complexity index is 260. The van der Waals surface area contributed by atoms with E-state index < -0.39 is 0 Å². The molecule has 1 rings (SSSR count). The van der Waals surface area contributed by atoms with Crippen LogP contribution in [0.3, 0.4) is 0 Å². The molecule has 0 unspecified atom stereocenters. The molecule has 0 spiro atoms. The highest BCUT2D eigenvalue weighted by molar-refractivity contribution is 5.81. The number of likely N-dealkylation sites (tertiary alicyclic amines) is 1. The lowest BCUT2D eigenvalue weighted by atomic mass is 10.00. The molecule has 1 saturated heterocycles. The molecule has 0 radical (unpaired) electrons. The van der Waals surface area contributed by atoms with Crippen molar-refractivity contribution < 1.29 is 4.79 Å². The summed E-state index contributed by atoms with van der Waals surface area (Å²) in [5.74, 6) is 0.581. The number of carbonyl (C=O) groups is 1. The molecule has 0 saturated carbocycles. The molecule has 0 aromatic rings. The van der Waals surface area contributed by atoms with Crippen LogP contribution in [0.25, 0.3) is 0 Å². The fourth-order valence-corrected chi connectivity index (χ4v) is 2.67. The number of amides is 1. The van der Waals surface area contributed by atoms with Crippen LogP contribution in [0, 0.1) is 5.92 Å². The SMILES string of the molecule is CCN1CCC(N(C)C(=O)[C@@H](N)CC(C)C)CC1. The van der Waals surface area contributed by atoms with E-state index in [9.17, 15) is 4.79 Å². The van der Waals surface area contributed by atoms with Crippen molar-refractivity contribution in [2.24, 2.45) is 11.7 Å². The lowest BCUT2D eigenvalue weighted by Crippen LogP contribution is -2.50. The molecule has 0 aromatic heterocycles. The third-order valence-corrected chi connectivity index (χ3v) is 3.94. The Morgan fingerprint density at radius 1 is 1.39 bits per heavy atom. The molecule has 0 bridgehead atoms. The standard InChI is InChI=1S/C14H29N3O/c1-5-17-8-6-12(7-9-17)16(4)14(18)13(15)10-11(2)3/h11-13H,5-10,15H2,1-4H3/t13-/m0/s1. The van der Waals surface area contributed by atoms with Gasteiger partial charge in [-0.25, -0.2) is 0 Å². The van der Waals surface area contributed by atoms with E-state index in [-0.39, 0.29) is 11.9 Å². The maximum atomic E-state index is 12.2. The zero-order chi connectivity index (χ0) is 13.7. The molecule has 1 fully saturated rings. The molecule has 18 heavy (non-hydrogen) atoms. The topological polar surface area (TPSA) is 49.6 Å². The summed E-state index contributed by atoms with van der Waals surface area (Å²) >= 11 is 0. The summed E-state index contributed by atoms with van der Waals surface area (Å²) in [6.07, 6.45) is 2.92. The number of rotatable bonds is 5. The molecule has 1 heterocycles. The van der Waals surface area contributed by atoms with Crippen molar-refractivity contribution in [3.8, 4) is 0 Å². The minimum absolute atomic E-state index is 0.110. The van der Waals surface area contributed by atoms with Crippen molar-refractivity contribution in [1.82, 2.24) is 9.80 Å². The van der Waals surface area contributed by atoms with Crippen LogP contribution >= 0.6 is 0 Å². The van der Waals surface area contributed by atoms with Crippen molar-refractivity contribution >= 4 is 5.91 Å². The van der Waals surface area contributed by atoms with E-state index >= 15 is 0 Å². The van der Waals surface area contributed by atoms with Gasteiger partial charge in [0.05, 0.1) is 6.04 Å². The number of hydrogen-bond donors (Lipinski definition) is 1. The second-order valence-electron chi connectivity index (χ2n) is 5.85. The van der Waals surface area contributed by atoms with Gasteiger partial charge >= 0.3 is 0 Å². The first-order valence-electron chi connectivity index (χ1n) is 7.20. The van der Waals surface area contributed by atoms with Gasteiger partial charge in [0, 0.05) is 26.2 Å². The Kier molecular flexibility index (Phi) is 6.09. The van der Waals surface area contributed by atoms with Gasteiger partial charge in [0.25, 0.3) is 0 Å².